The maximum atomic E-state index is 9.61. The van der Waals surface area contributed by atoms with E-state index < -0.39 is 0 Å². The molecule has 0 aliphatic heterocycles. The number of aromatic hydroxyl groups is 1. The number of fused-ring (bicyclic) bond motifs is 1. The third-order valence-electron chi connectivity index (χ3n) is 2.52. The van der Waals surface area contributed by atoms with Gasteiger partial charge in [0, 0.05) is 11.6 Å². The molecular weight excluding hydrogens is 176 g/mol. The van der Waals surface area contributed by atoms with Gasteiger partial charge in [0.15, 0.2) is 0 Å². The number of aromatic nitrogens is 1. The molecule has 0 saturated carbocycles. The molecule has 0 aliphatic carbocycles. The molecule has 14 heavy (non-hydrogen) atoms. The van der Waals surface area contributed by atoms with E-state index in [0.29, 0.717) is 12.3 Å². The van der Waals surface area contributed by atoms with E-state index >= 15 is 0 Å². The summed E-state index contributed by atoms with van der Waals surface area (Å²) in [6.45, 7) is 2.66. The molecule has 2 aromatic rings. The molecule has 0 saturated heterocycles. The number of rotatable bonds is 2. The van der Waals surface area contributed by atoms with Crippen molar-refractivity contribution in [2.75, 3.05) is 6.54 Å². The number of H-pyrrole nitrogens is 1. The van der Waals surface area contributed by atoms with Crippen molar-refractivity contribution in [2.24, 2.45) is 5.73 Å². The van der Waals surface area contributed by atoms with Crippen molar-refractivity contribution in [1.82, 2.24) is 4.98 Å². The zero-order valence-electron chi connectivity index (χ0n) is 8.17. The van der Waals surface area contributed by atoms with E-state index in [1.54, 1.807) is 6.07 Å². The van der Waals surface area contributed by atoms with Crippen LogP contribution in [0.4, 0.5) is 0 Å². The van der Waals surface area contributed by atoms with Crippen molar-refractivity contribution in [3.8, 4) is 5.75 Å². The maximum absolute atomic E-state index is 9.61. The maximum Gasteiger partial charge on any atom is 0.139 e. The molecule has 0 amide bonds. The lowest BCUT2D eigenvalue weighted by molar-refractivity contribution is 0.480. The van der Waals surface area contributed by atoms with Gasteiger partial charge < -0.3 is 15.8 Å². The molecule has 4 N–H and O–H groups in total. The normalized spacial score (nSPS) is 11.0. The molecule has 3 heteroatoms. The molecule has 2 rings (SSSR count). The van der Waals surface area contributed by atoms with Gasteiger partial charge in [-0.3, -0.25) is 0 Å². The van der Waals surface area contributed by atoms with Crippen molar-refractivity contribution >= 4 is 10.9 Å². The van der Waals surface area contributed by atoms with Crippen molar-refractivity contribution in [3.63, 3.8) is 0 Å². The first kappa shape index (κ1) is 9.09. The van der Waals surface area contributed by atoms with E-state index in [2.05, 4.69) is 4.98 Å². The molecule has 0 bridgehead atoms. The molecule has 74 valence electrons. The van der Waals surface area contributed by atoms with Crippen LogP contribution in [0.2, 0.25) is 0 Å². The van der Waals surface area contributed by atoms with Gasteiger partial charge in [-0.15, -0.1) is 0 Å². The minimum Gasteiger partial charge on any atom is -0.506 e. The lowest BCUT2D eigenvalue weighted by Gasteiger charge is -2.01. The highest BCUT2D eigenvalue weighted by atomic mass is 16.3. The molecule has 1 heterocycles. The van der Waals surface area contributed by atoms with Gasteiger partial charge in [0.2, 0.25) is 0 Å². The fourth-order valence-electron chi connectivity index (χ4n) is 1.84. The Morgan fingerprint density at radius 1 is 1.43 bits per heavy atom. The number of nitrogens with two attached hydrogens (primary N) is 1. The van der Waals surface area contributed by atoms with E-state index in [4.69, 9.17) is 5.73 Å². The average Bonchev–Trinajstić information content (AvgIpc) is 2.58. The van der Waals surface area contributed by atoms with Gasteiger partial charge in [-0.1, -0.05) is 6.07 Å². The zero-order chi connectivity index (χ0) is 10.1. The summed E-state index contributed by atoms with van der Waals surface area (Å²) in [5.74, 6) is 0.300. The molecule has 1 aromatic heterocycles. The number of hydrogen-bond acceptors (Lipinski definition) is 2. The summed E-state index contributed by atoms with van der Waals surface area (Å²) < 4.78 is 0. The number of phenolic OH excluding ortho intramolecular Hbond substituents is 1. The molecule has 0 fully saturated rings. The van der Waals surface area contributed by atoms with Crippen LogP contribution in [0.15, 0.2) is 18.3 Å². The lowest BCUT2D eigenvalue weighted by Crippen LogP contribution is -2.02. The summed E-state index contributed by atoms with van der Waals surface area (Å²) in [5.41, 5.74) is 8.68. The van der Waals surface area contributed by atoms with E-state index in [1.807, 2.05) is 19.2 Å². The Morgan fingerprint density at radius 3 is 2.93 bits per heavy atom. The Labute approximate surface area is 82.6 Å². The lowest BCUT2D eigenvalue weighted by atomic mass is 10.1. The topological polar surface area (TPSA) is 62.0 Å². The Bertz CT molecular complexity index is 460. The van der Waals surface area contributed by atoms with Crippen LogP contribution in [0.3, 0.4) is 0 Å². The first-order valence-electron chi connectivity index (χ1n) is 4.72. The summed E-state index contributed by atoms with van der Waals surface area (Å²) in [6, 6.07) is 3.63. The molecule has 0 atom stereocenters. The highest BCUT2D eigenvalue weighted by molar-refractivity contribution is 5.90. The molecule has 3 nitrogen and oxygen atoms in total. The van der Waals surface area contributed by atoms with Crippen LogP contribution in [0.1, 0.15) is 11.1 Å². The van der Waals surface area contributed by atoms with E-state index in [0.717, 1.165) is 17.3 Å². The molecule has 0 spiro atoms. The van der Waals surface area contributed by atoms with E-state index in [-0.39, 0.29) is 0 Å². The molecule has 0 radical (unpaired) electrons. The highest BCUT2D eigenvalue weighted by Crippen LogP contribution is 2.29. The largest absolute Gasteiger partial charge is 0.506 e. The number of hydrogen-bond donors (Lipinski definition) is 3. The fourth-order valence-corrected chi connectivity index (χ4v) is 1.84. The van der Waals surface area contributed by atoms with E-state index in [1.165, 1.54) is 11.1 Å². The van der Waals surface area contributed by atoms with E-state index in [9.17, 15) is 5.11 Å². The summed E-state index contributed by atoms with van der Waals surface area (Å²) in [6.07, 6.45) is 2.76. The van der Waals surface area contributed by atoms with Gasteiger partial charge in [-0.2, -0.15) is 0 Å². The van der Waals surface area contributed by atoms with Crippen LogP contribution in [-0.2, 0) is 6.42 Å². The van der Waals surface area contributed by atoms with Gasteiger partial charge >= 0.3 is 0 Å². The third kappa shape index (κ3) is 1.26. The number of phenols is 1. The Balaban J connectivity index is 2.70. The second kappa shape index (κ2) is 3.35. The van der Waals surface area contributed by atoms with Gasteiger partial charge in [0.05, 0.1) is 5.52 Å². The van der Waals surface area contributed by atoms with Crippen LogP contribution in [0.25, 0.3) is 10.9 Å². The zero-order valence-corrected chi connectivity index (χ0v) is 8.17. The van der Waals surface area contributed by atoms with Gasteiger partial charge in [-0.25, -0.2) is 0 Å². The number of benzene rings is 1. The predicted octanol–water partition coefficient (Wildman–Crippen LogP) is 1.68. The Hall–Kier alpha value is -1.48. The highest BCUT2D eigenvalue weighted by Gasteiger charge is 2.08. The summed E-state index contributed by atoms with van der Waals surface area (Å²) in [7, 11) is 0. The first-order valence-corrected chi connectivity index (χ1v) is 4.72. The monoisotopic (exact) mass is 190 g/mol. The second-order valence-corrected chi connectivity index (χ2v) is 3.50. The van der Waals surface area contributed by atoms with Gasteiger partial charge in [-0.05, 0) is 37.1 Å². The number of nitrogens with one attached hydrogen (secondary N) is 1. The summed E-state index contributed by atoms with van der Waals surface area (Å²) in [4.78, 5) is 3.08. The van der Waals surface area contributed by atoms with Crippen LogP contribution < -0.4 is 5.73 Å². The molecule has 0 aliphatic rings. The Morgan fingerprint density at radius 2 is 2.21 bits per heavy atom. The Kier molecular flexibility index (Phi) is 2.17. The molecular formula is C11H14N2O. The van der Waals surface area contributed by atoms with Crippen molar-refractivity contribution < 1.29 is 5.11 Å². The van der Waals surface area contributed by atoms with Gasteiger partial charge in [0.1, 0.15) is 5.75 Å². The molecule has 1 aromatic carbocycles. The fraction of sp³-hybridized carbons (Fsp3) is 0.273. The minimum atomic E-state index is 0.300. The predicted molar refractivity (Wildman–Crippen MR) is 57.5 cm³/mol. The van der Waals surface area contributed by atoms with Crippen LogP contribution >= 0.6 is 0 Å². The standard InChI is InChI=1S/C11H14N2O/c1-7-2-3-9(14)11-10(7)8(4-5-12)6-13-11/h2-3,6,13-14H,4-5,12H2,1H3. The van der Waals surface area contributed by atoms with Crippen molar-refractivity contribution in [2.45, 2.75) is 13.3 Å². The second-order valence-electron chi connectivity index (χ2n) is 3.50. The van der Waals surface area contributed by atoms with Crippen LogP contribution in [0, 0.1) is 6.92 Å². The SMILES string of the molecule is Cc1ccc(O)c2[nH]cc(CCN)c12. The summed E-state index contributed by atoms with van der Waals surface area (Å²) >= 11 is 0. The van der Waals surface area contributed by atoms with Crippen molar-refractivity contribution in [1.29, 1.82) is 0 Å². The first-order chi connectivity index (χ1) is 6.74. The number of aryl methyl sites for hydroxylation is 1. The van der Waals surface area contributed by atoms with Crippen molar-refractivity contribution in [3.05, 3.63) is 29.5 Å². The number of aromatic amines is 1. The van der Waals surface area contributed by atoms with Crippen LogP contribution in [-0.4, -0.2) is 16.6 Å². The smallest absolute Gasteiger partial charge is 0.139 e. The minimum absolute atomic E-state index is 0.300. The summed E-state index contributed by atoms with van der Waals surface area (Å²) in [5, 5.41) is 10.7. The quantitative estimate of drug-likeness (QED) is 0.674. The average molecular weight is 190 g/mol. The van der Waals surface area contributed by atoms with Gasteiger partial charge in [0.25, 0.3) is 0 Å². The molecule has 0 unspecified atom stereocenters. The third-order valence-corrected chi connectivity index (χ3v) is 2.52. The van der Waals surface area contributed by atoms with Crippen LogP contribution in [0.5, 0.6) is 5.75 Å².